The van der Waals surface area contributed by atoms with E-state index < -0.39 is 0 Å². The first-order valence-electron chi connectivity index (χ1n) is 6.16. The Kier molecular flexibility index (Phi) is 2.54. The van der Waals surface area contributed by atoms with Gasteiger partial charge in [-0.2, -0.15) is 0 Å². The zero-order valence-electron chi connectivity index (χ0n) is 10.4. The van der Waals surface area contributed by atoms with Crippen LogP contribution in [-0.2, 0) is 5.54 Å². The van der Waals surface area contributed by atoms with Gasteiger partial charge in [0.1, 0.15) is 13.2 Å². The van der Waals surface area contributed by atoms with Crippen LogP contribution in [0.4, 0.5) is 0 Å². The number of nitrogens with two attached hydrogens (primary N) is 1. The Morgan fingerprint density at radius 3 is 2.83 bits per heavy atom. The lowest BCUT2D eigenvalue weighted by Gasteiger charge is -2.35. The van der Waals surface area contributed by atoms with Gasteiger partial charge in [0.05, 0.1) is 5.54 Å². The van der Waals surface area contributed by atoms with Crippen molar-refractivity contribution in [3.63, 3.8) is 0 Å². The van der Waals surface area contributed by atoms with Crippen LogP contribution < -0.4 is 20.5 Å². The van der Waals surface area contributed by atoms with Crippen molar-refractivity contribution in [2.24, 2.45) is 10.7 Å². The normalized spacial score (nSPS) is 26.2. The van der Waals surface area contributed by atoms with Gasteiger partial charge in [0.25, 0.3) is 0 Å². The van der Waals surface area contributed by atoms with E-state index in [2.05, 4.69) is 23.3 Å². The molecule has 96 valence electrons. The maximum absolute atomic E-state index is 5.77. The fourth-order valence-electron chi connectivity index (χ4n) is 2.39. The van der Waals surface area contributed by atoms with Gasteiger partial charge in [-0.25, -0.2) is 0 Å². The third-order valence-electron chi connectivity index (χ3n) is 3.48. The van der Waals surface area contributed by atoms with Crippen LogP contribution in [0.1, 0.15) is 18.9 Å². The molecule has 0 spiro atoms. The monoisotopic (exact) mass is 247 g/mol. The molecule has 3 N–H and O–H groups in total. The topological polar surface area (TPSA) is 68.9 Å². The van der Waals surface area contributed by atoms with E-state index >= 15 is 0 Å². The van der Waals surface area contributed by atoms with Gasteiger partial charge >= 0.3 is 0 Å². The van der Waals surface area contributed by atoms with Gasteiger partial charge < -0.3 is 20.5 Å². The summed E-state index contributed by atoms with van der Waals surface area (Å²) in [6.07, 6.45) is 0.910. The number of hydrogen-bond acceptors (Lipinski definition) is 5. The molecule has 1 unspecified atom stereocenters. The maximum Gasteiger partial charge on any atom is 0.189 e. The summed E-state index contributed by atoms with van der Waals surface area (Å²) in [7, 11) is 0. The van der Waals surface area contributed by atoms with Crippen molar-refractivity contribution in [2.45, 2.75) is 18.9 Å². The number of rotatable bonds is 1. The number of ether oxygens (including phenoxy) is 2. The van der Waals surface area contributed by atoms with Crippen LogP contribution in [0, 0.1) is 0 Å². The van der Waals surface area contributed by atoms with E-state index in [1.54, 1.807) is 0 Å². The predicted molar refractivity (Wildman–Crippen MR) is 69.0 cm³/mol. The molecule has 0 fully saturated rings. The molecule has 0 radical (unpaired) electrons. The van der Waals surface area contributed by atoms with Crippen LogP contribution in [0.2, 0.25) is 0 Å². The summed E-state index contributed by atoms with van der Waals surface area (Å²) in [6, 6.07) is 6.04. The first kappa shape index (κ1) is 11.2. The van der Waals surface area contributed by atoms with Gasteiger partial charge in [0.2, 0.25) is 0 Å². The van der Waals surface area contributed by atoms with Crippen molar-refractivity contribution in [1.29, 1.82) is 0 Å². The Morgan fingerprint density at radius 2 is 2.06 bits per heavy atom. The number of benzene rings is 1. The molecule has 1 atom stereocenters. The number of nitrogens with one attached hydrogen (secondary N) is 1. The number of nitrogens with zero attached hydrogens (tertiary/aromatic N) is 1. The second-order valence-electron chi connectivity index (χ2n) is 4.83. The van der Waals surface area contributed by atoms with Crippen molar-refractivity contribution in [2.75, 3.05) is 19.8 Å². The summed E-state index contributed by atoms with van der Waals surface area (Å²) in [6.45, 7) is 4.08. The molecule has 0 saturated carbocycles. The van der Waals surface area contributed by atoms with E-state index in [0.29, 0.717) is 19.2 Å². The zero-order valence-corrected chi connectivity index (χ0v) is 10.4. The molecule has 5 nitrogen and oxygen atoms in total. The fourth-order valence-corrected chi connectivity index (χ4v) is 2.39. The molecule has 0 amide bonds. The quantitative estimate of drug-likeness (QED) is 0.776. The average molecular weight is 247 g/mol. The number of guanidine groups is 1. The Labute approximate surface area is 106 Å². The van der Waals surface area contributed by atoms with Crippen molar-refractivity contribution in [1.82, 2.24) is 5.32 Å². The highest BCUT2D eigenvalue weighted by molar-refractivity contribution is 5.79. The number of aliphatic imine (C=N–C) groups is 1. The molecule has 0 bridgehead atoms. The molecule has 2 heterocycles. The van der Waals surface area contributed by atoms with Crippen LogP contribution >= 0.6 is 0 Å². The van der Waals surface area contributed by atoms with E-state index in [1.807, 2.05) is 12.1 Å². The molecule has 1 aromatic carbocycles. The first-order chi connectivity index (χ1) is 8.67. The Morgan fingerprint density at radius 1 is 1.28 bits per heavy atom. The highest BCUT2D eigenvalue weighted by Crippen LogP contribution is 2.36. The summed E-state index contributed by atoms with van der Waals surface area (Å²) in [5, 5.41) is 3.25. The van der Waals surface area contributed by atoms with Crippen molar-refractivity contribution in [3.05, 3.63) is 23.8 Å². The summed E-state index contributed by atoms with van der Waals surface area (Å²) in [5.74, 6) is 2.12. The summed E-state index contributed by atoms with van der Waals surface area (Å²) in [5.41, 5.74) is 6.72. The minimum atomic E-state index is -0.193. The van der Waals surface area contributed by atoms with E-state index in [-0.39, 0.29) is 5.54 Å². The minimum Gasteiger partial charge on any atom is -0.486 e. The van der Waals surface area contributed by atoms with Gasteiger partial charge in [-0.05, 0) is 31.0 Å². The van der Waals surface area contributed by atoms with E-state index in [1.165, 1.54) is 0 Å². The maximum atomic E-state index is 5.77. The van der Waals surface area contributed by atoms with Gasteiger partial charge in [-0.3, -0.25) is 4.99 Å². The highest BCUT2D eigenvalue weighted by atomic mass is 16.6. The lowest BCUT2D eigenvalue weighted by molar-refractivity contribution is 0.171. The Balaban J connectivity index is 1.94. The van der Waals surface area contributed by atoms with E-state index in [9.17, 15) is 0 Å². The van der Waals surface area contributed by atoms with Crippen LogP contribution in [-0.4, -0.2) is 25.7 Å². The van der Waals surface area contributed by atoms with Gasteiger partial charge in [-0.1, -0.05) is 6.07 Å². The molecule has 1 aromatic rings. The molecule has 18 heavy (non-hydrogen) atoms. The molecule has 0 saturated heterocycles. The standard InChI is InChI=1S/C13H17N3O2/c1-13(4-5-15-12(14)16-13)9-2-3-10-11(8-9)18-7-6-17-10/h2-3,8H,4-7H2,1H3,(H3,14,15,16). The molecule has 5 heteroatoms. The Hall–Kier alpha value is -1.91. The highest BCUT2D eigenvalue weighted by Gasteiger charge is 2.30. The van der Waals surface area contributed by atoms with E-state index in [4.69, 9.17) is 15.2 Å². The molecule has 3 rings (SSSR count). The lowest BCUT2D eigenvalue weighted by atomic mass is 9.87. The smallest absolute Gasteiger partial charge is 0.189 e. The molecule has 0 aromatic heterocycles. The fraction of sp³-hybridized carbons (Fsp3) is 0.462. The lowest BCUT2D eigenvalue weighted by Crippen LogP contribution is -2.50. The zero-order chi connectivity index (χ0) is 12.6. The van der Waals surface area contributed by atoms with Crippen molar-refractivity contribution >= 4 is 5.96 Å². The van der Waals surface area contributed by atoms with Crippen LogP contribution in [0.5, 0.6) is 11.5 Å². The second kappa shape index (κ2) is 4.08. The third kappa shape index (κ3) is 1.85. The Bertz CT molecular complexity index is 501. The number of hydrogen-bond donors (Lipinski definition) is 2. The predicted octanol–water partition coefficient (Wildman–Crippen LogP) is 0.981. The first-order valence-corrected chi connectivity index (χ1v) is 6.16. The van der Waals surface area contributed by atoms with Crippen molar-refractivity contribution < 1.29 is 9.47 Å². The molecular formula is C13H17N3O2. The van der Waals surface area contributed by atoms with Crippen LogP contribution in [0.15, 0.2) is 23.2 Å². The number of fused-ring (bicyclic) bond motifs is 1. The van der Waals surface area contributed by atoms with Crippen LogP contribution in [0.25, 0.3) is 0 Å². The second-order valence-corrected chi connectivity index (χ2v) is 4.83. The molecular weight excluding hydrogens is 230 g/mol. The summed E-state index contributed by atoms with van der Waals surface area (Å²) < 4.78 is 11.1. The van der Waals surface area contributed by atoms with Crippen LogP contribution in [0.3, 0.4) is 0 Å². The van der Waals surface area contributed by atoms with Gasteiger partial charge in [0, 0.05) is 6.54 Å². The van der Waals surface area contributed by atoms with E-state index in [0.717, 1.165) is 30.0 Å². The summed E-state index contributed by atoms with van der Waals surface area (Å²) in [4.78, 5) is 4.17. The minimum absolute atomic E-state index is 0.193. The molecule has 0 aliphatic carbocycles. The van der Waals surface area contributed by atoms with Gasteiger partial charge in [0.15, 0.2) is 17.5 Å². The molecule has 2 aliphatic heterocycles. The third-order valence-corrected chi connectivity index (χ3v) is 3.48. The molecule has 2 aliphatic rings. The SMILES string of the molecule is CC1(c2ccc3c(c2)OCCO3)CCN=C(N)N1. The van der Waals surface area contributed by atoms with Gasteiger partial charge in [-0.15, -0.1) is 0 Å². The largest absolute Gasteiger partial charge is 0.486 e. The average Bonchev–Trinajstić information content (AvgIpc) is 2.38. The summed E-state index contributed by atoms with van der Waals surface area (Å²) >= 11 is 0. The van der Waals surface area contributed by atoms with Crippen molar-refractivity contribution in [3.8, 4) is 11.5 Å².